The van der Waals surface area contributed by atoms with Crippen LogP contribution < -0.4 is 0 Å². The summed E-state index contributed by atoms with van der Waals surface area (Å²) in [6.07, 6.45) is -3.40. The van der Waals surface area contributed by atoms with Gasteiger partial charge >= 0.3 is 6.18 Å². The molecule has 0 aliphatic rings. The smallest absolute Gasteiger partial charge is 0.262 e. The van der Waals surface area contributed by atoms with Gasteiger partial charge in [0.2, 0.25) is 10.0 Å². The van der Waals surface area contributed by atoms with Crippen molar-refractivity contribution < 1.29 is 21.6 Å². The average molecular weight is 334 g/mol. The van der Waals surface area contributed by atoms with E-state index in [-0.39, 0.29) is 22.8 Å². The molecule has 0 aliphatic carbocycles. The SMILES string of the molecule is Cc1ccc(C(F)(F)F)cc1S(=O)(=O)N(C)Cc1ncn[nH]1. The third-order valence-electron chi connectivity index (χ3n) is 3.04. The van der Waals surface area contributed by atoms with Crippen molar-refractivity contribution in [1.82, 2.24) is 19.5 Å². The highest BCUT2D eigenvalue weighted by Crippen LogP contribution is 2.32. The lowest BCUT2D eigenvalue weighted by Crippen LogP contribution is -2.28. The van der Waals surface area contributed by atoms with E-state index in [0.29, 0.717) is 6.07 Å². The van der Waals surface area contributed by atoms with Gasteiger partial charge in [-0.3, -0.25) is 5.10 Å². The Kier molecular flexibility index (Phi) is 4.25. The summed E-state index contributed by atoms with van der Waals surface area (Å²) in [5, 5.41) is 6.08. The van der Waals surface area contributed by atoms with E-state index in [1.54, 1.807) is 0 Å². The number of benzene rings is 1. The number of nitrogens with one attached hydrogen (secondary N) is 1. The summed E-state index contributed by atoms with van der Waals surface area (Å²) < 4.78 is 64.1. The Balaban J connectivity index is 2.40. The van der Waals surface area contributed by atoms with E-state index < -0.39 is 21.8 Å². The fraction of sp³-hybridized carbons (Fsp3) is 0.333. The van der Waals surface area contributed by atoms with Crippen LogP contribution in [0.1, 0.15) is 17.0 Å². The van der Waals surface area contributed by atoms with Gasteiger partial charge in [0.05, 0.1) is 17.0 Å². The molecule has 1 heterocycles. The summed E-state index contributed by atoms with van der Waals surface area (Å²) in [7, 11) is -2.82. The molecular formula is C12H13F3N4O2S. The largest absolute Gasteiger partial charge is 0.416 e. The topological polar surface area (TPSA) is 79.0 Å². The van der Waals surface area contributed by atoms with Crippen LogP contribution in [0.25, 0.3) is 0 Å². The van der Waals surface area contributed by atoms with Gasteiger partial charge < -0.3 is 0 Å². The molecule has 0 bridgehead atoms. The van der Waals surface area contributed by atoms with Gasteiger partial charge in [0.1, 0.15) is 12.2 Å². The first-order valence-corrected chi connectivity index (χ1v) is 7.55. The molecule has 0 saturated heterocycles. The summed E-state index contributed by atoms with van der Waals surface area (Å²) >= 11 is 0. The summed E-state index contributed by atoms with van der Waals surface area (Å²) in [5.41, 5.74) is -0.776. The van der Waals surface area contributed by atoms with Crippen LogP contribution in [0.2, 0.25) is 0 Å². The van der Waals surface area contributed by atoms with E-state index in [4.69, 9.17) is 0 Å². The van der Waals surface area contributed by atoms with Crippen LogP contribution in [0.5, 0.6) is 0 Å². The number of hydrogen-bond acceptors (Lipinski definition) is 4. The van der Waals surface area contributed by atoms with Gasteiger partial charge in [-0.15, -0.1) is 0 Å². The fourth-order valence-electron chi connectivity index (χ4n) is 1.83. The Morgan fingerprint density at radius 3 is 2.55 bits per heavy atom. The monoisotopic (exact) mass is 334 g/mol. The normalized spacial score (nSPS) is 12.8. The highest BCUT2D eigenvalue weighted by molar-refractivity contribution is 7.89. The zero-order chi connectivity index (χ0) is 16.5. The molecular weight excluding hydrogens is 321 g/mol. The van der Waals surface area contributed by atoms with Crippen LogP contribution in [0, 0.1) is 6.92 Å². The third-order valence-corrected chi connectivity index (χ3v) is 4.99. The summed E-state index contributed by atoms with van der Waals surface area (Å²) in [6, 6.07) is 2.63. The predicted octanol–water partition coefficient (Wildman–Crippen LogP) is 1.95. The van der Waals surface area contributed by atoms with Crippen molar-refractivity contribution in [2.24, 2.45) is 0 Å². The average Bonchev–Trinajstić information content (AvgIpc) is 2.90. The molecule has 120 valence electrons. The molecule has 0 atom stereocenters. The van der Waals surface area contributed by atoms with Crippen LogP contribution in [0.15, 0.2) is 29.4 Å². The zero-order valence-electron chi connectivity index (χ0n) is 11.7. The summed E-state index contributed by atoms with van der Waals surface area (Å²) in [6.45, 7) is 1.31. The number of alkyl halides is 3. The number of hydrogen-bond donors (Lipinski definition) is 1. The molecule has 6 nitrogen and oxygen atoms in total. The highest BCUT2D eigenvalue weighted by atomic mass is 32.2. The van der Waals surface area contributed by atoms with Crippen molar-refractivity contribution in [2.45, 2.75) is 24.5 Å². The number of sulfonamides is 1. The molecule has 10 heteroatoms. The molecule has 0 fully saturated rings. The molecule has 0 radical (unpaired) electrons. The first kappa shape index (κ1) is 16.4. The Bertz CT molecular complexity index is 757. The van der Waals surface area contributed by atoms with Crippen LogP contribution in [-0.2, 0) is 22.7 Å². The number of rotatable bonds is 4. The predicted molar refractivity (Wildman–Crippen MR) is 71.2 cm³/mol. The lowest BCUT2D eigenvalue weighted by atomic mass is 10.1. The van der Waals surface area contributed by atoms with Gasteiger partial charge in [-0.25, -0.2) is 13.4 Å². The van der Waals surface area contributed by atoms with E-state index in [0.717, 1.165) is 16.4 Å². The van der Waals surface area contributed by atoms with E-state index in [9.17, 15) is 21.6 Å². The fourth-order valence-corrected chi connectivity index (χ4v) is 3.20. The Labute approximate surface area is 125 Å². The van der Waals surface area contributed by atoms with Crippen molar-refractivity contribution >= 4 is 10.0 Å². The van der Waals surface area contributed by atoms with E-state index in [2.05, 4.69) is 15.2 Å². The third kappa shape index (κ3) is 3.28. The minimum atomic E-state index is -4.61. The van der Waals surface area contributed by atoms with Gasteiger partial charge in [-0.1, -0.05) is 6.07 Å². The molecule has 1 aromatic carbocycles. The molecule has 2 rings (SSSR count). The molecule has 2 aromatic rings. The van der Waals surface area contributed by atoms with Gasteiger partial charge in [-0.05, 0) is 24.6 Å². The second kappa shape index (κ2) is 5.69. The van der Waals surface area contributed by atoms with Crippen LogP contribution in [-0.4, -0.2) is 35.0 Å². The lowest BCUT2D eigenvalue weighted by molar-refractivity contribution is -0.137. The first-order chi connectivity index (χ1) is 10.1. The van der Waals surface area contributed by atoms with Crippen molar-refractivity contribution in [3.05, 3.63) is 41.5 Å². The standard InChI is InChI=1S/C12H13F3N4O2S/c1-8-3-4-9(12(13,14)15)5-10(8)22(20,21)19(2)6-11-16-7-17-18-11/h3-5,7H,6H2,1-2H3,(H,16,17,18). The van der Waals surface area contributed by atoms with E-state index in [1.807, 2.05) is 0 Å². The molecule has 0 unspecified atom stereocenters. The Morgan fingerprint density at radius 2 is 2.00 bits per heavy atom. The van der Waals surface area contributed by atoms with Crippen molar-refractivity contribution in [3.8, 4) is 0 Å². The molecule has 0 aliphatic heterocycles. The Hall–Kier alpha value is -1.94. The van der Waals surface area contributed by atoms with Crippen molar-refractivity contribution in [2.75, 3.05) is 7.05 Å². The first-order valence-electron chi connectivity index (χ1n) is 6.11. The number of aromatic nitrogens is 3. The van der Waals surface area contributed by atoms with Crippen LogP contribution in [0.3, 0.4) is 0 Å². The van der Waals surface area contributed by atoms with Gasteiger partial charge in [0.15, 0.2) is 0 Å². The van der Waals surface area contributed by atoms with Crippen LogP contribution in [0.4, 0.5) is 13.2 Å². The quantitative estimate of drug-likeness (QED) is 0.927. The molecule has 1 N–H and O–H groups in total. The molecule has 1 aromatic heterocycles. The van der Waals surface area contributed by atoms with E-state index >= 15 is 0 Å². The maximum atomic E-state index is 12.8. The minimum Gasteiger partial charge on any atom is -0.262 e. The number of aryl methyl sites for hydroxylation is 1. The lowest BCUT2D eigenvalue weighted by Gasteiger charge is -2.18. The highest BCUT2D eigenvalue weighted by Gasteiger charge is 2.33. The Morgan fingerprint density at radius 1 is 1.32 bits per heavy atom. The number of halogens is 3. The second-order valence-electron chi connectivity index (χ2n) is 4.67. The minimum absolute atomic E-state index is 0.127. The van der Waals surface area contributed by atoms with Crippen molar-refractivity contribution in [3.63, 3.8) is 0 Å². The number of H-pyrrole nitrogens is 1. The number of aromatic amines is 1. The summed E-state index contributed by atoms with van der Waals surface area (Å²) in [4.78, 5) is 3.40. The van der Waals surface area contributed by atoms with Gasteiger partial charge in [-0.2, -0.15) is 22.6 Å². The molecule has 0 saturated carbocycles. The molecule has 0 amide bonds. The summed E-state index contributed by atoms with van der Waals surface area (Å²) in [5.74, 6) is 0.288. The molecule has 22 heavy (non-hydrogen) atoms. The zero-order valence-corrected chi connectivity index (χ0v) is 12.5. The van der Waals surface area contributed by atoms with E-state index in [1.165, 1.54) is 20.3 Å². The maximum absolute atomic E-state index is 12.8. The molecule has 0 spiro atoms. The van der Waals surface area contributed by atoms with Gasteiger partial charge in [0, 0.05) is 7.05 Å². The second-order valence-corrected chi connectivity index (χ2v) is 6.68. The van der Waals surface area contributed by atoms with Crippen molar-refractivity contribution in [1.29, 1.82) is 0 Å². The maximum Gasteiger partial charge on any atom is 0.416 e. The van der Waals surface area contributed by atoms with Gasteiger partial charge in [0.25, 0.3) is 0 Å². The van der Waals surface area contributed by atoms with Crippen LogP contribution >= 0.6 is 0 Å². The number of nitrogens with zero attached hydrogens (tertiary/aromatic N) is 3.